The van der Waals surface area contributed by atoms with Crippen molar-refractivity contribution in [3.8, 4) is 0 Å². The summed E-state index contributed by atoms with van der Waals surface area (Å²) in [7, 11) is 0. The number of aromatic nitrogens is 3. The molecule has 5 rings (SSSR count). The predicted octanol–water partition coefficient (Wildman–Crippen LogP) is 4.82. The molecule has 0 fully saturated rings. The second kappa shape index (κ2) is 8.73. The Balaban J connectivity index is 1.76. The Morgan fingerprint density at radius 2 is 1.88 bits per heavy atom. The van der Waals surface area contributed by atoms with Gasteiger partial charge in [-0.2, -0.15) is 0 Å². The fraction of sp³-hybridized carbons (Fsp3) is 0.346. The largest absolute Gasteiger partial charge is 0.465 e. The summed E-state index contributed by atoms with van der Waals surface area (Å²) in [5, 5.41) is 0.979. The molecule has 2 aromatic carbocycles. The lowest BCUT2D eigenvalue weighted by molar-refractivity contribution is -0.153. The molecule has 1 aliphatic rings. The number of esters is 1. The van der Waals surface area contributed by atoms with E-state index >= 15 is 0 Å². The molecule has 0 bridgehead atoms. The zero-order valence-electron chi connectivity index (χ0n) is 19.0. The summed E-state index contributed by atoms with van der Waals surface area (Å²) >= 11 is 0. The van der Waals surface area contributed by atoms with Crippen molar-refractivity contribution in [3.05, 3.63) is 60.3 Å². The molecule has 1 N–H and O–H groups in total. The number of nitrogens with zero attached hydrogens (tertiary/aromatic N) is 3. The molecule has 2 unspecified atom stereocenters. The Kier molecular flexibility index (Phi) is 5.62. The Labute approximate surface area is 192 Å². The lowest BCUT2D eigenvalue weighted by Crippen LogP contribution is -2.50. The van der Waals surface area contributed by atoms with E-state index in [1.54, 1.807) is 11.8 Å². The fourth-order valence-corrected chi connectivity index (χ4v) is 4.90. The number of carbonyl (C=O) groups excluding carboxylic acids is 2. The third-order valence-electron chi connectivity index (χ3n) is 6.41. The molecule has 170 valence electrons. The van der Waals surface area contributed by atoms with E-state index in [4.69, 9.17) is 9.72 Å². The van der Waals surface area contributed by atoms with Gasteiger partial charge in [-0.3, -0.25) is 14.5 Å². The molecule has 2 atom stereocenters. The minimum atomic E-state index is -0.990. The number of H-pyrrole nitrogens is 1. The van der Waals surface area contributed by atoms with Gasteiger partial charge >= 0.3 is 5.97 Å². The summed E-state index contributed by atoms with van der Waals surface area (Å²) in [5.74, 6) is -1.15. The summed E-state index contributed by atoms with van der Waals surface area (Å²) in [4.78, 5) is 37.0. The number of hydrogen-bond acceptors (Lipinski definition) is 4. The fourth-order valence-electron chi connectivity index (χ4n) is 4.90. The van der Waals surface area contributed by atoms with Gasteiger partial charge in [0.15, 0.2) is 5.92 Å². The van der Waals surface area contributed by atoms with Gasteiger partial charge in [-0.25, -0.2) is 4.98 Å². The predicted molar refractivity (Wildman–Crippen MR) is 128 cm³/mol. The summed E-state index contributed by atoms with van der Waals surface area (Å²) in [6, 6.07) is 15.2. The SMILES string of the molecule is CCCCCN1C(=O)C(C(=O)OCC)C(c2c[nH]c3ccccc23)n2c1nc1ccccc12. The van der Waals surface area contributed by atoms with Gasteiger partial charge in [-0.1, -0.05) is 50.1 Å². The number of unbranched alkanes of at least 4 members (excludes halogenated alkanes) is 2. The maximum atomic E-state index is 13.9. The third-order valence-corrected chi connectivity index (χ3v) is 6.41. The van der Waals surface area contributed by atoms with Crippen molar-refractivity contribution in [2.75, 3.05) is 18.1 Å². The molecule has 33 heavy (non-hydrogen) atoms. The first-order valence-electron chi connectivity index (χ1n) is 11.7. The van der Waals surface area contributed by atoms with Gasteiger partial charge in [0, 0.05) is 29.2 Å². The highest BCUT2D eigenvalue weighted by atomic mass is 16.5. The van der Waals surface area contributed by atoms with Gasteiger partial charge < -0.3 is 14.3 Å². The van der Waals surface area contributed by atoms with Gasteiger partial charge in [0.2, 0.25) is 11.9 Å². The molecule has 0 saturated heterocycles. The summed E-state index contributed by atoms with van der Waals surface area (Å²) in [5.41, 5.74) is 3.54. The van der Waals surface area contributed by atoms with E-state index in [1.807, 2.05) is 54.7 Å². The van der Waals surface area contributed by atoms with Crippen molar-refractivity contribution in [2.45, 2.75) is 39.2 Å². The molecule has 0 spiro atoms. The molecular formula is C26H28N4O3. The third kappa shape index (κ3) is 3.48. The lowest BCUT2D eigenvalue weighted by atomic mass is 9.89. The van der Waals surface area contributed by atoms with Crippen LogP contribution in [0.3, 0.4) is 0 Å². The van der Waals surface area contributed by atoms with Gasteiger partial charge in [-0.05, 0) is 31.5 Å². The van der Waals surface area contributed by atoms with Crippen molar-refractivity contribution in [1.29, 1.82) is 0 Å². The van der Waals surface area contributed by atoms with E-state index in [0.29, 0.717) is 12.5 Å². The quantitative estimate of drug-likeness (QED) is 0.252. The smallest absolute Gasteiger partial charge is 0.321 e. The lowest BCUT2D eigenvalue weighted by Gasteiger charge is -2.37. The van der Waals surface area contributed by atoms with Crippen LogP contribution in [0.5, 0.6) is 0 Å². The van der Waals surface area contributed by atoms with Gasteiger partial charge in [0.1, 0.15) is 0 Å². The zero-order valence-corrected chi connectivity index (χ0v) is 19.0. The number of carbonyl (C=O) groups is 2. The first kappa shape index (κ1) is 21.2. The number of aromatic amines is 1. The Hall–Kier alpha value is -3.61. The Bertz CT molecular complexity index is 1320. The topological polar surface area (TPSA) is 80.2 Å². The minimum Gasteiger partial charge on any atom is -0.465 e. The summed E-state index contributed by atoms with van der Waals surface area (Å²) in [6.45, 7) is 4.63. The maximum Gasteiger partial charge on any atom is 0.321 e. The number of imidazole rings is 1. The van der Waals surface area contributed by atoms with Gasteiger partial charge in [0.25, 0.3) is 0 Å². The van der Waals surface area contributed by atoms with E-state index in [2.05, 4.69) is 16.5 Å². The average Bonchev–Trinajstić information content (AvgIpc) is 3.42. The van der Waals surface area contributed by atoms with Crippen molar-refractivity contribution in [1.82, 2.24) is 14.5 Å². The van der Waals surface area contributed by atoms with Crippen molar-refractivity contribution >= 4 is 39.8 Å². The molecule has 0 saturated carbocycles. The highest BCUT2D eigenvalue weighted by Gasteiger charge is 2.48. The van der Waals surface area contributed by atoms with E-state index in [1.165, 1.54) is 0 Å². The van der Waals surface area contributed by atoms with Crippen LogP contribution in [-0.4, -0.2) is 39.6 Å². The number of nitrogens with one attached hydrogen (secondary N) is 1. The Morgan fingerprint density at radius 3 is 2.70 bits per heavy atom. The van der Waals surface area contributed by atoms with Crippen LogP contribution in [0.2, 0.25) is 0 Å². The number of rotatable bonds is 7. The summed E-state index contributed by atoms with van der Waals surface area (Å²) in [6.07, 6.45) is 4.79. The number of amides is 1. The van der Waals surface area contributed by atoms with Gasteiger partial charge in [-0.15, -0.1) is 0 Å². The van der Waals surface area contributed by atoms with Crippen LogP contribution < -0.4 is 4.90 Å². The first-order chi connectivity index (χ1) is 16.2. The molecule has 0 radical (unpaired) electrons. The number of fused-ring (bicyclic) bond motifs is 4. The first-order valence-corrected chi connectivity index (χ1v) is 11.7. The molecule has 4 aromatic rings. The molecule has 3 heterocycles. The number of ether oxygens (including phenoxy) is 1. The molecular weight excluding hydrogens is 416 g/mol. The molecule has 1 aliphatic heterocycles. The molecule has 7 nitrogen and oxygen atoms in total. The number of para-hydroxylation sites is 3. The van der Waals surface area contributed by atoms with Crippen molar-refractivity contribution in [2.24, 2.45) is 5.92 Å². The highest BCUT2D eigenvalue weighted by molar-refractivity contribution is 6.09. The standard InChI is InChI=1S/C26H28N4O3/c1-3-5-10-15-29-24(31)22(25(32)33-4-2)23(18-16-27-19-12-7-6-11-17(18)19)30-21-14-9-8-13-20(21)28-26(29)30/h6-9,11-14,16,22-23,27H,3-5,10,15H2,1-2H3. The van der Waals surface area contributed by atoms with Crippen LogP contribution in [0.1, 0.15) is 44.7 Å². The minimum absolute atomic E-state index is 0.219. The van der Waals surface area contributed by atoms with Crippen LogP contribution in [0.25, 0.3) is 21.9 Å². The second-order valence-corrected chi connectivity index (χ2v) is 8.43. The van der Waals surface area contributed by atoms with E-state index in [9.17, 15) is 9.59 Å². The second-order valence-electron chi connectivity index (χ2n) is 8.43. The molecule has 7 heteroatoms. The van der Waals surface area contributed by atoms with E-state index in [0.717, 1.165) is 46.8 Å². The van der Waals surface area contributed by atoms with Crippen LogP contribution in [-0.2, 0) is 14.3 Å². The van der Waals surface area contributed by atoms with Crippen LogP contribution >= 0.6 is 0 Å². The Morgan fingerprint density at radius 1 is 1.09 bits per heavy atom. The van der Waals surface area contributed by atoms with Crippen LogP contribution in [0, 0.1) is 5.92 Å². The normalized spacial score (nSPS) is 18.1. The van der Waals surface area contributed by atoms with E-state index < -0.39 is 17.9 Å². The number of anilines is 1. The molecule has 0 aliphatic carbocycles. The van der Waals surface area contributed by atoms with Crippen molar-refractivity contribution < 1.29 is 14.3 Å². The van der Waals surface area contributed by atoms with Gasteiger partial charge in [0.05, 0.1) is 23.7 Å². The monoisotopic (exact) mass is 444 g/mol. The maximum absolute atomic E-state index is 13.9. The van der Waals surface area contributed by atoms with Crippen molar-refractivity contribution in [3.63, 3.8) is 0 Å². The molecule has 1 amide bonds. The highest BCUT2D eigenvalue weighted by Crippen LogP contribution is 2.43. The zero-order chi connectivity index (χ0) is 22.9. The molecule has 2 aromatic heterocycles. The van der Waals surface area contributed by atoms with E-state index in [-0.39, 0.29) is 12.5 Å². The number of benzene rings is 2. The number of hydrogen-bond donors (Lipinski definition) is 1. The van der Waals surface area contributed by atoms with Crippen LogP contribution in [0.15, 0.2) is 54.7 Å². The van der Waals surface area contributed by atoms with Crippen LogP contribution in [0.4, 0.5) is 5.95 Å². The summed E-state index contributed by atoms with van der Waals surface area (Å²) < 4.78 is 7.49. The average molecular weight is 445 g/mol.